The Hall–Kier alpha value is 2.10. The molecule has 0 heterocycles. The van der Waals surface area contributed by atoms with Crippen molar-refractivity contribution in [2.24, 2.45) is 11.3 Å². The van der Waals surface area contributed by atoms with Gasteiger partial charge in [0.05, 0.1) is 0 Å². The molecular weight excluding hydrogens is 325 g/mol. The van der Waals surface area contributed by atoms with Crippen LogP contribution in [0.15, 0.2) is 0 Å². The number of hydrogen-bond donors (Lipinski definition) is 6. The molecule has 5 atom stereocenters. The molecule has 0 amide bonds. The van der Waals surface area contributed by atoms with Crippen LogP contribution < -0.4 is 0 Å². The second-order valence-corrected chi connectivity index (χ2v) is 8.60. The predicted molar refractivity (Wildman–Crippen MR) is 97.5 cm³/mol. The van der Waals surface area contributed by atoms with E-state index in [9.17, 15) is 0 Å². The Bertz CT molecular complexity index is 286. The summed E-state index contributed by atoms with van der Waals surface area (Å²) >= 11 is 28.6. The summed E-state index contributed by atoms with van der Waals surface area (Å²) in [4.78, 5) is 0. The molecule has 6 heteroatoms. The zero-order chi connectivity index (χ0) is 12.8. The minimum absolute atomic E-state index is 0.0272. The Labute approximate surface area is 137 Å². The molecule has 0 aromatic rings. The van der Waals surface area contributed by atoms with Crippen LogP contribution in [0, 0.1) is 11.3 Å². The highest BCUT2D eigenvalue weighted by Crippen LogP contribution is 2.66. The van der Waals surface area contributed by atoms with Crippen molar-refractivity contribution in [3.8, 4) is 0 Å². The molecule has 0 radical (unpaired) electrons. The summed E-state index contributed by atoms with van der Waals surface area (Å²) in [6, 6.07) is 0. The summed E-state index contributed by atoms with van der Waals surface area (Å²) in [7, 11) is 0. The average molecular weight is 345 g/mol. The maximum Gasteiger partial charge on any atom is 0.0341 e. The maximum atomic E-state index is 5.04. The van der Waals surface area contributed by atoms with E-state index in [0.717, 1.165) is 30.8 Å². The van der Waals surface area contributed by atoms with Gasteiger partial charge in [0.2, 0.25) is 0 Å². The van der Waals surface area contributed by atoms with Gasteiger partial charge in [-0.3, -0.25) is 0 Å². The molecule has 0 aliphatic heterocycles. The summed E-state index contributed by atoms with van der Waals surface area (Å²) in [5, 5.41) is 0.945. The molecule has 2 saturated carbocycles. The van der Waals surface area contributed by atoms with Gasteiger partial charge in [-0.25, -0.2) is 0 Å². The monoisotopic (exact) mass is 344 g/mol. The van der Waals surface area contributed by atoms with Gasteiger partial charge in [-0.05, 0) is 30.9 Å². The first kappa shape index (κ1) is 15.5. The van der Waals surface area contributed by atoms with Crippen LogP contribution >= 0.6 is 75.8 Å². The minimum atomic E-state index is -0.153. The summed E-state index contributed by atoms with van der Waals surface area (Å²) in [5.41, 5.74) is -0.0272. The van der Waals surface area contributed by atoms with Crippen LogP contribution in [-0.4, -0.2) is 32.0 Å². The van der Waals surface area contributed by atoms with Crippen molar-refractivity contribution in [3.05, 3.63) is 0 Å². The van der Waals surface area contributed by atoms with E-state index in [0.29, 0.717) is 21.7 Å². The molecule has 0 aromatic heterocycles. The van der Waals surface area contributed by atoms with E-state index in [1.165, 1.54) is 0 Å². The fourth-order valence-corrected chi connectivity index (χ4v) is 8.61. The first-order chi connectivity index (χ1) is 7.95. The molecule has 17 heavy (non-hydrogen) atoms. The highest BCUT2D eigenvalue weighted by Gasteiger charge is 2.68. The smallest absolute Gasteiger partial charge is 0.0341 e. The molecule has 0 saturated heterocycles. The van der Waals surface area contributed by atoms with Crippen molar-refractivity contribution < 1.29 is 0 Å². The summed E-state index contributed by atoms with van der Waals surface area (Å²) in [6.45, 7) is 0. The van der Waals surface area contributed by atoms with Crippen molar-refractivity contribution >= 4 is 75.8 Å². The van der Waals surface area contributed by atoms with E-state index in [1.54, 1.807) is 0 Å². The predicted octanol–water partition coefficient (Wildman–Crippen LogP) is 3.21. The lowest BCUT2D eigenvalue weighted by molar-refractivity contribution is 0.265. The lowest BCUT2D eigenvalue weighted by Gasteiger charge is -2.49. The molecule has 1 spiro atoms. The van der Waals surface area contributed by atoms with Gasteiger partial charge >= 0.3 is 0 Å². The Balaban J connectivity index is 2.49. The molecule has 0 aromatic carbocycles. The Morgan fingerprint density at radius 1 is 0.941 bits per heavy atom. The van der Waals surface area contributed by atoms with Gasteiger partial charge in [-0.2, -0.15) is 75.8 Å². The van der Waals surface area contributed by atoms with Crippen molar-refractivity contribution in [2.45, 2.75) is 39.8 Å². The number of thiol groups is 6. The Kier molecular flexibility index (Phi) is 4.99. The van der Waals surface area contributed by atoms with Crippen molar-refractivity contribution in [2.75, 3.05) is 11.5 Å². The second kappa shape index (κ2) is 5.47. The van der Waals surface area contributed by atoms with Gasteiger partial charge in [0.25, 0.3) is 0 Å². The first-order valence-electron chi connectivity index (χ1n) is 5.93. The fourth-order valence-electron chi connectivity index (χ4n) is 3.83. The van der Waals surface area contributed by atoms with E-state index in [-0.39, 0.29) is 10.2 Å². The highest BCUT2D eigenvalue weighted by atomic mass is 32.1. The molecule has 100 valence electrons. The lowest BCUT2D eigenvalue weighted by Crippen LogP contribution is -2.56. The summed E-state index contributed by atoms with van der Waals surface area (Å²) < 4.78 is -0.153. The molecule has 0 bridgehead atoms. The van der Waals surface area contributed by atoms with Crippen molar-refractivity contribution in [1.82, 2.24) is 0 Å². The molecule has 2 fully saturated rings. The van der Waals surface area contributed by atoms with Crippen LogP contribution in [-0.2, 0) is 0 Å². The van der Waals surface area contributed by atoms with Gasteiger partial charge in [-0.15, -0.1) is 0 Å². The van der Waals surface area contributed by atoms with E-state index < -0.39 is 0 Å². The SMILES string of the molecule is SCC1CC(S)C2(C(S)CCC2S)C1(S)CS. The van der Waals surface area contributed by atoms with Crippen LogP contribution in [0.4, 0.5) is 0 Å². The topological polar surface area (TPSA) is 0 Å². The normalized spacial score (nSPS) is 54.7. The fraction of sp³-hybridized carbons (Fsp3) is 1.00. The van der Waals surface area contributed by atoms with Gasteiger partial charge < -0.3 is 0 Å². The lowest BCUT2D eigenvalue weighted by atomic mass is 9.73. The third kappa shape index (κ3) is 1.95. The molecule has 0 N–H and O–H groups in total. The number of rotatable bonds is 2. The summed E-state index contributed by atoms with van der Waals surface area (Å²) in [6.07, 6.45) is 3.25. The third-order valence-electron chi connectivity index (χ3n) is 4.76. The Morgan fingerprint density at radius 3 is 1.88 bits per heavy atom. The molecule has 2 aliphatic carbocycles. The van der Waals surface area contributed by atoms with Gasteiger partial charge in [0, 0.05) is 31.7 Å². The molecule has 0 nitrogen and oxygen atoms in total. The van der Waals surface area contributed by atoms with Crippen molar-refractivity contribution in [1.29, 1.82) is 0 Å². The quantitative estimate of drug-likeness (QED) is 0.407. The highest BCUT2D eigenvalue weighted by molar-refractivity contribution is 7.86. The standard InChI is InChI=1S/C11H20S6/c12-4-6-3-9(16)11(10(6,17)5-13)7(14)1-2-8(11)15/h6-9,12-17H,1-5H2. The third-order valence-corrected chi connectivity index (χ3v) is 8.87. The van der Waals surface area contributed by atoms with Crippen LogP contribution in [0.25, 0.3) is 0 Å². The van der Waals surface area contributed by atoms with Gasteiger partial charge in [-0.1, -0.05) is 0 Å². The maximum absolute atomic E-state index is 5.04. The Morgan fingerprint density at radius 2 is 1.47 bits per heavy atom. The molecule has 2 rings (SSSR count). The number of hydrogen-bond acceptors (Lipinski definition) is 6. The largest absolute Gasteiger partial charge is 0.179 e. The van der Waals surface area contributed by atoms with Crippen LogP contribution in [0.2, 0.25) is 0 Å². The van der Waals surface area contributed by atoms with E-state index in [1.807, 2.05) is 0 Å². The molecule has 5 unspecified atom stereocenters. The first-order valence-corrected chi connectivity index (χ1v) is 9.19. The van der Waals surface area contributed by atoms with E-state index in [4.69, 9.17) is 50.5 Å². The second-order valence-electron chi connectivity index (χ2n) is 5.26. The van der Waals surface area contributed by atoms with Crippen LogP contribution in [0.1, 0.15) is 19.3 Å². The van der Waals surface area contributed by atoms with Gasteiger partial charge in [0.1, 0.15) is 0 Å². The van der Waals surface area contributed by atoms with E-state index >= 15 is 0 Å². The molecule has 2 aliphatic rings. The summed E-state index contributed by atoms with van der Waals surface area (Å²) in [5.74, 6) is 2.02. The van der Waals surface area contributed by atoms with Gasteiger partial charge in [0.15, 0.2) is 0 Å². The zero-order valence-electron chi connectivity index (χ0n) is 9.53. The zero-order valence-corrected chi connectivity index (χ0v) is 14.9. The molecular formula is C11H20S6. The van der Waals surface area contributed by atoms with Crippen molar-refractivity contribution in [3.63, 3.8) is 0 Å². The van der Waals surface area contributed by atoms with Crippen LogP contribution in [0.5, 0.6) is 0 Å². The average Bonchev–Trinajstić information content (AvgIpc) is 2.73. The van der Waals surface area contributed by atoms with E-state index in [2.05, 4.69) is 25.3 Å². The van der Waals surface area contributed by atoms with Crippen LogP contribution in [0.3, 0.4) is 0 Å². The minimum Gasteiger partial charge on any atom is -0.179 e.